The molecule has 90 valence electrons. The van der Waals surface area contributed by atoms with E-state index in [1.54, 1.807) is 6.92 Å². The van der Waals surface area contributed by atoms with E-state index in [9.17, 15) is 10.4 Å². The van der Waals surface area contributed by atoms with Crippen molar-refractivity contribution in [3.05, 3.63) is 34.3 Å². The Labute approximate surface area is 110 Å². The average Bonchev–Trinajstić information content (AvgIpc) is 2.20. The van der Waals surface area contributed by atoms with Crippen LogP contribution < -0.4 is 0 Å². The van der Waals surface area contributed by atoms with E-state index in [1.807, 2.05) is 24.3 Å². The minimum atomic E-state index is -0.937. The molecule has 2 nitrogen and oxygen atoms in total. The van der Waals surface area contributed by atoms with E-state index < -0.39 is 11.0 Å². The van der Waals surface area contributed by atoms with Crippen LogP contribution in [0, 0.1) is 16.7 Å². The minimum absolute atomic E-state index is 0.536. The lowest BCUT2D eigenvalue weighted by Gasteiger charge is -2.46. The van der Waals surface area contributed by atoms with E-state index in [4.69, 9.17) is 0 Å². The third kappa shape index (κ3) is 2.25. The van der Waals surface area contributed by atoms with Gasteiger partial charge in [-0.15, -0.1) is 0 Å². The Hall–Kier alpha value is -0.850. The van der Waals surface area contributed by atoms with Gasteiger partial charge in [0, 0.05) is 10.9 Å². The second-order valence-electron chi connectivity index (χ2n) is 5.12. The first kappa shape index (κ1) is 12.6. The molecule has 0 amide bonds. The van der Waals surface area contributed by atoms with Crippen LogP contribution >= 0.6 is 15.9 Å². The van der Waals surface area contributed by atoms with Crippen LogP contribution in [0.3, 0.4) is 0 Å². The summed E-state index contributed by atoms with van der Waals surface area (Å²) in [5, 5.41) is 19.9. The van der Waals surface area contributed by atoms with Gasteiger partial charge in [-0.2, -0.15) is 5.26 Å². The number of nitrogens with zero attached hydrogens (tertiary/aromatic N) is 1. The molecule has 1 aromatic rings. The SMILES string of the molecule is CC(O)(Cc1ccc(Br)cc1)C1(C#N)CCC1. The van der Waals surface area contributed by atoms with E-state index in [0.29, 0.717) is 6.42 Å². The predicted molar refractivity (Wildman–Crippen MR) is 70.4 cm³/mol. The van der Waals surface area contributed by atoms with Crippen molar-refractivity contribution in [1.29, 1.82) is 5.26 Å². The van der Waals surface area contributed by atoms with Gasteiger partial charge in [-0.3, -0.25) is 0 Å². The summed E-state index contributed by atoms with van der Waals surface area (Å²) < 4.78 is 1.03. The summed E-state index contributed by atoms with van der Waals surface area (Å²) in [7, 11) is 0. The van der Waals surface area contributed by atoms with Gasteiger partial charge in [-0.05, 0) is 37.5 Å². The summed E-state index contributed by atoms with van der Waals surface area (Å²) in [4.78, 5) is 0. The molecule has 1 aliphatic rings. The van der Waals surface area contributed by atoms with Crippen LogP contribution in [-0.2, 0) is 6.42 Å². The van der Waals surface area contributed by atoms with Gasteiger partial charge in [0.2, 0.25) is 0 Å². The Bertz CT molecular complexity index is 440. The smallest absolute Gasteiger partial charge is 0.0860 e. The van der Waals surface area contributed by atoms with Crippen molar-refractivity contribution in [2.45, 2.75) is 38.2 Å². The standard InChI is InChI=1S/C14H16BrNO/c1-13(17,14(10-16)7-2-8-14)9-11-3-5-12(15)6-4-11/h3-6,17H,2,7-9H2,1H3. The van der Waals surface area contributed by atoms with Crippen molar-refractivity contribution in [3.8, 4) is 6.07 Å². The number of aliphatic hydroxyl groups is 1. The normalized spacial score (nSPS) is 21.1. The third-order valence-electron chi connectivity index (χ3n) is 3.91. The molecule has 1 unspecified atom stereocenters. The number of benzene rings is 1. The predicted octanol–water partition coefficient (Wildman–Crippen LogP) is 3.44. The van der Waals surface area contributed by atoms with E-state index in [2.05, 4.69) is 22.0 Å². The molecule has 1 atom stereocenters. The molecule has 0 aromatic heterocycles. The van der Waals surface area contributed by atoms with E-state index in [0.717, 1.165) is 29.3 Å². The van der Waals surface area contributed by atoms with Crippen molar-refractivity contribution in [2.24, 2.45) is 5.41 Å². The highest BCUT2D eigenvalue weighted by molar-refractivity contribution is 9.10. The maximum atomic E-state index is 10.6. The summed E-state index contributed by atoms with van der Waals surface area (Å²) in [6, 6.07) is 10.2. The van der Waals surface area contributed by atoms with Gasteiger partial charge in [0.15, 0.2) is 0 Å². The maximum Gasteiger partial charge on any atom is 0.0860 e. The van der Waals surface area contributed by atoms with Gasteiger partial charge in [-0.1, -0.05) is 34.5 Å². The molecule has 0 saturated heterocycles. The van der Waals surface area contributed by atoms with Crippen molar-refractivity contribution in [1.82, 2.24) is 0 Å². The summed E-state index contributed by atoms with van der Waals surface area (Å²) >= 11 is 3.39. The Morgan fingerprint density at radius 2 is 2.00 bits per heavy atom. The molecule has 1 saturated carbocycles. The molecule has 0 heterocycles. The first-order valence-electron chi connectivity index (χ1n) is 5.87. The lowest BCUT2D eigenvalue weighted by Crippen LogP contribution is -2.51. The molecule has 1 aliphatic carbocycles. The average molecular weight is 294 g/mol. The Morgan fingerprint density at radius 1 is 1.41 bits per heavy atom. The maximum absolute atomic E-state index is 10.6. The topological polar surface area (TPSA) is 44.0 Å². The van der Waals surface area contributed by atoms with Crippen LogP contribution in [0.4, 0.5) is 0 Å². The second kappa shape index (κ2) is 4.44. The van der Waals surface area contributed by atoms with Crippen LogP contribution in [0.5, 0.6) is 0 Å². The number of hydrogen-bond acceptors (Lipinski definition) is 2. The molecule has 2 rings (SSSR count). The van der Waals surface area contributed by atoms with Gasteiger partial charge in [-0.25, -0.2) is 0 Å². The zero-order valence-corrected chi connectivity index (χ0v) is 11.5. The number of halogens is 1. The zero-order chi connectivity index (χ0) is 12.5. The zero-order valence-electron chi connectivity index (χ0n) is 9.91. The minimum Gasteiger partial charge on any atom is -0.388 e. The second-order valence-corrected chi connectivity index (χ2v) is 6.04. The van der Waals surface area contributed by atoms with E-state index in [-0.39, 0.29) is 0 Å². The number of rotatable bonds is 3. The number of hydrogen-bond donors (Lipinski definition) is 1. The lowest BCUT2D eigenvalue weighted by molar-refractivity contribution is -0.0790. The fourth-order valence-corrected chi connectivity index (χ4v) is 2.73. The van der Waals surface area contributed by atoms with Crippen LogP contribution in [0.1, 0.15) is 31.7 Å². The van der Waals surface area contributed by atoms with Gasteiger partial charge in [0.25, 0.3) is 0 Å². The Kier molecular flexibility index (Phi) is 3.29. The van der Waals surface area contributed by atoms with E-state index in [1.165, 1.54) is 0 Å². The largest absolute Gasteiger partial charge is 0.388 e. The first-order chi connectivity index (χ1) is 7.99. The molecular weight excluding hydrogens is 278 g/mol. The highest BCUT2D eigenvalue weighted by Crippen LogP contribution is 2.49. The van der Waals surface area contributed by atoms with Crippen molar-refractivity contribution in [2.75, 3.05) is 0 Å². The molecule has 17 heavy (non-hydrogen) atoms. The lowest BCUT2D eigenvalue weighted by atomic mass is 9.58. The quantitative estimate of drug-likeness (QED) is 0.928. The summed E-state index contributed by atoms with van der Waals surface area (Å²) in [6.45, 7) is 1.79. The van der Waals surface area contributed by atoms with Crippen molar-refractivity contribution in [3.63, 3.8) is 0 Å². The monoisotopic (exact) mass is 293 g/mol. The molecule has 0 aliphatic heterocycles. The van der Waals surface area contributed by atoms with Crippen molar-refractivity contribution < 1.29 is 5.11 Å². The molecule has 0 bridgehead atoms. The van der Waals surface area contributed by atoms with Crippen molar-refractivity contribution >= 4 is 15.9 Å². The van der Waals surface area contributed by atoms with Crippen LogP contribution in [0.2, 0.25) is 0 Å². The highest BCUT2D eigenvalue weighted by Gasteiger charge is 2.51. The fourth-order valence-electron chi connectivity index (χ4n) is 2.47. The number of nitriles is 1. The van der Waals surface area contributed by atoms with Crippen LogP contribution in [0.15, 0.2) is 28.7 Å². The molecular formula is C14H16BrNO. The van der Waals surface area contributed by atoms with Crippen LogP contribution in [-0.4, -0.2) is 10.7 Å². The summed E-state index contributed by atoms with van der Waals surface area (Å²) in [6.07, 6.45) is 3.21. The third-order valence-corrected chi connectivity index (χ3v) is 4.44. The molecule has 1 aromatic carbocycles. The van der Waals surface area contributed by atoms with Crippen LogP contribution in [0.25, 0.3) is 0 Å². The summed E-state index contributed by atoms with van der Waals surface area (Å²) in [5.74, 6) is 0. The molecule has 0 radical (unpaired) electrons. The Balaban J connectivity index is 2.17. The molecule has 0 spiro atoms. The first-order valence-corrected chi connectivity index (χ1v) is 6.66. The highest BCUT2D eigenvalue weighted by atomic mass is 79.9. The molecule has 1 fully saturated rings. The molecule has 1 N–H and O–H groups in total. The fraction of sp³-hybridized carbons (Fsp3) is 0.500. The molecule has 3 heteroatoms. The Morgan fingerprint density at radius 3 is 2.41 bits per heavy atom. The summed E-state index contributed by atoms with van der Waals surface area (Å²) in [5.41, 5.74) is -0.409. The van der Waals surface area contributed by atoms with E-state index >= 15 is 0 Å². The van der Waals surface area contributed by atoms with Gasteiger partial charge < -0.3 is 5.11 Å². The van der Waals surface area contributed by atoms with Gasteiger partial charge in [0.1, 0.15) is 0 Å². The van der Waals surface area contributed by atoms with Gasteiger partial charge >= 0.3 is 0 Å². The van der Waals surface area contributed by atoms with Gasteiger partial charge in [0.05, 0.1) is 17.1 Å².